The molecule has 1 N–H and O–H groups in total. The van der Waals surface area contributed by atoms with E-state index in [0.29, 0.717) is 34.6 Å². The zero-order valence-corrected chi connectivity index (χ0v) is 20.6. The number of carbonyl (C=O) groups excluding carboxylic acids is 1. The van der Waals surface area contributed by atoms with Gasteiger partial charge < -0.3 is 10.2 Å². The lowest BCUT2D eigenvalue weighted by Crippen LogP contribution is -2.43. The fourth-order valence-electron chi connectivity index (χ4n) is 5.09. The molecule has 1 saturated carbocycles. The van der Waals surface area contributed by atoms with Crippen LogP contribution in [0.5, 0.6) is 0 Å². The summed E-state index contributed by atoms with van der Waals surface area (Å²) in [5.74, 6) is -0.174. The summed E-state index contributed by atoms with van der Waals surface area (Å²) in [7, 11) is 3.56. The molecule has 0 saturated heterocycles. The molecule has 36 heavy (non-hydrogen) atoms. The predicted octanol–water partition coefficient (Wildman–Crippen LogP) is 5.97. The molecule has 1 amide bonds. The molecule has 10 heteroatoms. The molecule has 2 aromatic carbocycles. The second-order valence-corrected chi connectivity index (χ2v) is 9.70. The first-order chi connectivity index (χ1) is 17.1. The lowest BCUT2D eigenvalue weighted by atomic mass is 9.89. The molecule has 1 aliphatic carbocycles. The third-order valence-corrected chi connectivity index (χ3v) is 7.19. The van der Waals surface area contributed by atoms with Gasteiger partial charge >= 0.3 is 6.18 Å². The zero-order valence-electron chi connectivity index (χ0n) is 19.8. The number of halogens is 4. The minimum atomic E-state index is -4.55. The Morgan fingerprint density at radius 3 is 2.50 bits per heavy atom. The Balaban J connectivity index is 1.32. The number of nitrogens with one attached hydrogen (secondary N) is 1. The lowest BCUT2D eigenvalue weighted by Gasteiger charge is -2.37. The molecule has 2 aromatic heterocycles. The second kappa shape index (κ2) is 9.28. The summed E-state index contributed by atoms with van der Waals surface area (Å²) >= 11 is 6.15. The maximum absolute atomic E-state index is 13.5. The number of amides is 1. The number of hydrogen-bond donors (Lipinski definition) is 1. The molecule has 5 rings (SSSR count). The van der Waals surface area contributed by atoms with Gasteiger partial charge in [-0.15, -0.1) is 0 Å². The number of fused-ring (bicyclic) bond motifs is 2. The van der Waals surface area contributed by atoms with Crippen LogP contribution in [0.4, 0.5) is 18.9 Å². The van der Waals surface area contributed by atoms with Gasteiger partial charge in [0.25, 0.3) is 5.91 Å². The van der Waals surface area contributed by atoms with Crippen molar-refractivity contribution in [3.63, 3.8) is 0 Å². The molecule has 2 heterocycles. The number of hydrogen-bond acceptors (Lipinski definition) is 4. The van der Waals surface area contributed by atoms with Crippen LogP contribution in [-0.2, 0) is 13.2 Å². The Labute approximate surface area is 211 Å². The smallest absolute Gasteiger partial charge is 0.371 e. The lowest BCUT2D eigenvalue weighted by molar-refractivity contribution is -0.140. The molecule has 0 atom stereocenters. The minimum Gasteiger partial charge on any atom is -0.371 e. The van der Waals surface area contributed by atoms with Gasteiger partial charge in [-0.1, -0.05) is 29.8 Å². The number of aromatic nitrogens is 3. The van der Waals surface area contributed by atoms with Crippen LogP contribution < -0.4 is 10.2 Å². The molecule has 6 nitrogen and oxygen atoms in total. The molecule has 188 valence electrons. The Morgan fingerprint density at radius 1 is 1.06 bits per heavy atom. The number of carbonyl (C=O) groups is 1. The van der Waals surface area contributed by atoms with Gasteiger partial charge in [0, 0.05) is 47.7 Å². The summed E-state index contributed by atoms with van der Waals surface area (Å²) < 4.78 is 42.2. The van der Waals surface area contributed by atoms with Crippen molar-refractivity contribution in [3.05, 3.63) is 64.9 Å². The molecule has 4 aromatic rings. The molecule has 0 unspecified atom stereocenters. The van der Waals surface area contributed by atoms with Gasteiger partial charge in [0.1, 0.15) is 11.4 Å². The van der Waals surface area contributed by atoms with Crippen LogP contribution in [0.25, 0.3) is 21.8 Å². The molecule has 0 aliphatic heterocycles. The largest absolute Gasteiger partial charge is 0.433 e. The number of pyridine rings is 1. The van der Waals surface area contributed by atoms with Crippen molar-refractivity contribution in [1.29, 1.82) is 0 Å². The van der Waals surface area contributed by atoms with Gasteiger partial charge in [-0.2, -0.15) is 18.3 Å². The summed E-state index contributed by atoms with van der Waals surface area (Å²) in [5.41, 5.74) is 1.05. The van der Waals surface area contributed by atoms with E-state index < -0.39 is 11.9 Å². The first-order valence-corrected chi connectivity index (χ1v) is 12.1. The van der Waals surface area contributed by atoms with Crippen LogP contribution in [0, 0.1) is 0 Å². The number of alkyl halides is 3. The first-order valence-electron chi connectivity index (χ1n) is 11.7. The number of rotatable bonds is 4. The van der Waals surface area contributed by atoms with E-state index in [1.807, 2.05) is 29.2 Å². The quantitative estimate of drug-likeness (QED) is 0.363. The van der Waals surface area contributed by atoms with Crippen molar-refractivity contribution in [3.8, 4) is 0 Å². The van der Waals surface area contributed by atoms with E-state index in [9.17, 15) is 18.0 Å². The molecule has 0 bridgehead atoms. The normalized spacial score (nSPS) is 18.5. The monoisotopic (exact) mass is 515 g/mol. The van der Waals surface area contributed by atoms with Crippen LogP contribution in [0.3, 0.4) is 0 Å². The van der Waals surface area contributed by atoms with Crippen LogP contribution in [0.15, 0.2) is 48.5 Å². The predicted molar refractivity (Wildman–Crippen MR) is 134 cm³/mol. The number of anilines is 1. The molecule has 0 spiro atoms. The standard InChI is InChI=1S/C26H25ClF3N5O/c1-34(22-14-23(26(28,29)30)32-20-12-7-15(27)13-19(20)22)17-10-8-16(9-11-17)31-25(36)24-18-5-3-4-6-21(18)33-35(24)2/h3-7,12-14,16-17H,8-11H2,1-2H3,(H,31,36)/t16-,17+. The highest BCUT2D eigenvalue weighted by molar-refractivity contribution is 6.31. The van der Waals surface area contributed by atoms with E-state index in [4.69, 9.17) is 11.6 Å². The maximum atomic E-state index is 13.5. The van der Waals surface area contributed by atoms with Gasteiger partial charge in [0.2, 0.25) is 0 Å². The van der Waals surface area contributed by atoms with E-state index in [1.165, 1.54) is 6.07 Å². The van der Waals surface area contributed by atoms with E-state index in [1.54, 1.807) is 30.9 Å². The summed E-state index contributed by atoms with van der Waals surface area (Å²) in [6, 6.07) is 13.3. The number of benzene rings is 2. The SMILES string of the molecule is Cn1nc2ccccc2c1C(=O)N[C@H]1CC[C@@H](N(C)c2cc(C(F)(F)F)nc3ccc(Cl)cc23)CC1. The second-order valence-electron chi connectivity index (χ2n) is 9.27. The average molecular weight is 516 g/mol. The summed E-state index contributed by atoms with van der Waals surface area (Å²) in [6.45, 7) is 0. The van der Waals surface area contributed by atoms with Gasteiger partial charge in [0.05, 0.1) is 11.0 Å². The Kier molecular flexibility index (Phi) is 6.28. The van der Waals surface area contributed by atoms with E-state index >= 15 is 0 Å². The van der Waals surface area contributed by atoms with Crippen LogP contribution in [0.2, 0.25) is 5.02 Å². The highest BCUT2D eigenvalue weighted by atomic mass is 35.5. The highest BCUT2D eigenvalue weighted by Crippen LogP contribution is 2.37. The van der Waals surface area contributed by atoms with Crippen molar-refractivity contribution in [2.75, 3.05) is 11.9 Å². The van der Waals surface area contributed by atoms with Crippen molar-refractivity contribution >= 4 is 45.0 Å². The molecule has 1 aliphatic rings. The Hall–Kier alpha value is -3.33. The van der Waals surface area contributed by atoms with Crippen LogP contribution >= 0.6 is 11.6 Å². The summed E-state index contributed by atoms with van der Waals surface area (Å²) in [6.07, 6.45) is -1.68. The van der Waals surface area contributed by atoms with Gasteiger partial charge in [0.15, 0.2) is 0 Å². The first kappa shape index (κ1) is 24.4. The van der Waals surface area contributed by atoms with Crippen molar-refractivity contribution in [1.82, 2.24) is 20.1 Å². The Morgan fingerprint density at radius 2 is 1.78 bits per heavy atom. The molecular weight excluding hydrogens is 491 g/mol. The van der Waals surface area contributed by atoms with E-state index in [-0.39, 0.29) is 23.5 Å². The third kappa shape index (κ3) is 4.59. The van der Waals surface area contributed by atoms with Crippen molar-refractivity contribution in [2.45, 2.75) is 43.9 Å². The van der Waals surface area contributed by atoms with Gasteiger partial charge in [-0.25, -0.2) is 4.98 Å². The molecule has 1 fully saturated rings. The van der Waals surface area contributed by atoms with E-state index in [0.717, 1.165) is 29.8 Å². The average Bonchev–Trinajstić information content (AvgIpc) is 3.18. The van der Waals surface area contributed by atoms with Gasteiger partial charge in [-0.05, 0) is 56.0 Å². The van der Waals surface area contributed by atoms with Crippen molar-refractivity contribution < 1.29 is 18.0 Å². The fourth-order valence-corrected chi connectivity index (χ4v) is 5.26. The summed E-state index contributed by atoms with van der Waals surface area (Å²) in [5, 5.41) is 9.35. The number of nitrogens with zero attached hydrogens (tertiary/aromatic N) is 4. The minimum absolute atomic E-state index is 0.0151. The molecular formula is C26H25ClF3N5O. The highest BCUT2D eigenvalue weighted by Gasteiger charge is 2.35. The summed E-state index contributed by atoms with van der Waals surface area (Å²) in [4.78, 5) is 18.7. The van der Waals surface area contributed by atoms with Gasteiger partial charge in [-0.3, -0.25) is 9.48 Å². The molecule has 0 radical (unpaired) electrons. The Bertz CT molecular complexity index is 1440. The number of aryl methyl sites for hydroxylation is 1. The van der Waals surface area contributed by atoms with Crippen LogP contribution in [0.1, 0.15) is 41.9 Å². The van der Waals surface area contributed by atoms with E-state index in [2.05, 4.69) is 15.4 Å². The topological polar surface area (TPSA) is 63.1 Å². The van der Waals surface area contributed by atoms with Crippen molar-refractivity contribution in [2.24, 2.45) is 7.05 Å². The fraction of sp³-hybridized carbons (Fsp3) is 0.346. The third-order valence-electron chi connectivity index (χ3n) is 6.95. The zero-order chi connectivity index (χ0) is 25.6. The van der Waals surface area contributed by atoms with Crippen LogP contribution in [-0.4, -0.2) is 39.8 Å². The maximum Gasteiger partial charge on any atom is 0.433 e.